The summed E-state index contributed by atoms with van der Waals surface area (Å²) in [5.74, 6) is 0. The Balaban J connectivity index is 1.92. The van der Waals surface area contributed by atoms with Gasteiger partial charge < -0.3 is 0 Å². The van der Waals surface area contributed by atoms with Gasteiger partial charge in [0.05, 0.1) is 0 Å². The molecule has 0 aliphatic carbocycles. The Morgan fingerprint density at radius 3 is 2.79 bits per heavy atom. The van der Waals surface area contributed by atoms with Crippen LogP contribution in [0.2, 0.25) is 0 Å². The van der Waals surface area contributed by atoms with E-state index < -0.39 is 10.2 Å². The maximum absolute atomic E-state index is 12.3. The molecule has 5 nitrogen and oxygen atoms in total. The van der Waals surface area contributed by atoms with E-state index in [9.17, 15) is 8.42 Å². The molecule has 112 valence electrons. The van der Waals surface area contributed by atoms with Crippen LogP contribution in [0.3, 0.4) is 0 Å². The molecule has 2 saturated heterocycles. The molecule has 2 atom stereocenters. The van der Waals surface area contributed by atoms with E-state index in [0.29, 0.717) is 12.6 Å². The lowest BCUT2D eigenvalue weighted by atomic mass is 10.00. The summed E-state index contributed by atoms with van der Waals surface area (Å²) in [7, 11) is -1.64. The topological polar surface area (TPSA) is 52.7 Å². The fourth-order valence-corrected chi connectivity index (χ4v) is 4.37. The normalized spacial score (nSPS) is 28.8. The lowest BCUT2D eigenvalue weighted by molar-refractivity contribution is 0.185. The van der Waals surface area contributed by atoms with E-state index in [1.807, 2.05) is 0 Å². The minimum absolute atomic E-state index is 0.106. The Morgan fingerprint density at radius 2 is 2.05 bits per heavy atom. The lowest BCUT2D eigenvalue weighted by Gasteiger charge is -2.33. The zero-order valence-corrected chi connectivity index (χ0v) is 13.0. The Morgan fingerprint density at radius 1 is 1.26 bits per heavy atom. The van der Waals surface area contributed by atoms with Gasteiger partial charge in [-0.05, 0) is 32.2 Å². The summed E-state index contributed by atoms with van der Waals surface area (Å²) >= 11 is 0. The number of unbranched alkanes of at least 4 members (excludes halogenated alkanes) is 1. The van der Waals surface area contributed by atoms with Crippen molar-refractivity contribution in [1.82, 2.24) is 13.9 Å². The highest BCUT2D eigenvalue weighted by Crippen LogP contribution is 2.27. The molecular weight excluding hydrogens is 262 g/mol. The standard InChI is InChI=1S/C13H27N3O2S/c1-3-4-9-15(2)19(17,18)14-12-8-11-16-10-6-5-7-13(12)16/h12-14H,3-11H2,1-2H3/t12-,13-/m0/s1. The van der Waals surface area contributed by atoms with Gasteiger partial charge in [0.1, 0.15) is 0 Å². The van der Waals surface area contributed by atoms with E-state index in [4.69, 9.17) is 0 Å². The summed E-state index contributed by atoms with van der Waals surface area (Å²) in [4.78, 5) is 2.45. The first-order valence-electron chi connectivity index (χ1n) is 7.52. The Kier molecular flexibility index (Phi) is 5.22. The van der Waals surface area contributed by atoms with Gasteiger partial charge in [0.2, 0.25) is 0 Å². The number of fused-ring (bicyclic) bond motifs is 1. The summed E-state index contributed by atoms with van der Waals surface area (Å²) in [6.45, 7) is 4.85. The molecule has 6 heteroatoms. The lowest BCUT2D eigenvalue weighted by Crippen LogP contribution is -2.50. The van der Waals surface area contributed by atoms with Crippen LogP contribution in [0.25, 0.3) is 0 Å². The second-order valence-electron chi connectivity index (χ2n) is 5.79. The van der Waals surface area contributed by atoms with Crippen LogP contribution >= 0.6 is 0 Å². The van der Waals surface area contributed by atoms with Crippen LogP contribution in [0.15, 0.2) is 0 Å². The van der Waals surface area contributed by atoms with Gasteiger partial charge in [-0.15, -0.1) is 0 Å². The molecular formula is C13H27N3O2S. The summed E-state index contributed by atoms with van der Waals surface area (Å²) in [6.07, 6.45) is 6.49. The third-order valence-corrected chi connectivity index (χ3v) is 6.00. The van der Waals surface area contributed by atoms with Crippen molar-refractivity contribution in [2.75, 3.05) is 26.7 Å². The number of hydrogen-bond donors (Lipinski definition) is 1. The van der Waals surface area contributed by atoms with Crippen LogP contribution in [0.4, 0.5) is 0 Å². The molecule has 0 aromatic rings. The largest absolute Gasteiger partial charge is 0.299 e. The van der Waals surface area contributed by atoms with Gasteiger partial charge in [0.25, 0.3) is 10.2 Å². The van der Waals surface area contributed by atoms with Crippen molar-refractivity contribution in [1.29, 1.82) is 0 Å². The maximum Gasteiger partial charge on any atom is 0.279 e. The number of rotatable bonds is 6. The van der Waals surface area contributed by atoms with Crippen molar-refractivity contribution in [3.63, 3.8) is 0 Å². The van der Waals surface area contributed by atoms with Crippen molar-refractivity contribution in [2.24, 2.45) is 0 Å². The Hall–Kier alpha value is -0.170. The second kappa shape index (κ2) is 6.52. The van der Waals surface area contributed by atoms with E-state index in [2.05, 4.69) is 16.5 Å². The number of piperidine rings is 1. The van der Waals surface area contributed by atoms with E-state index in [1.165, 1.54) is 17.1 Å². The van der Waals surface area contributed by atoms with Crippen molar-refractivity contribution in [2.45, 2.75) is 57.5 Å². The predicted octanol–water partition coefficient (Wildman–Crippen LogP) is 1.18. The molecule has 2 aliphatic rings. The van der Waals surface area contributed by atoms with E-state index in [1.54, 1.807) is 7.05 Å². The first-order valence-corrected chi connectivity index (χ1v) is 8.96. The maximum atomic E-state index is 12.3. The van der Waals surface area contributed by atoms with Crippen LogP contribution in [-0.2, 0) is 10.2 Å². The molecule has 2 heterocycles. The molecule has 19 heavy (non-hydrogen) atoms. The zero-order valence-electron chi connectivity index (χ0n) is 12.1. The van der Waals surface area contributed by atoms with E-state index >= 15 is 0 Å². The highest BCUT2D eigenvalue weighted by Gasteiger charge is 2.38. The van der Waals surface area contributed by atoms with Crippen molar-refractivity contribution in [3.8, 4) is 0 Å². The minimum Gasteiger partial charge on any atom is -0.299 e. The van der Waals surface area contributed by atoms with Gasteiger partial charge in [0, 0.05) is 32.2 Å². The molecule has 0 radical (unpaired) electrons. The van der Waals surface area contributed by atoms with Crippen LogP contribution in [0.5, 0.6) is 0 Å². The van der Waals surface area contributed by atoms with Crippen LogP contribution < -0.4 is 4.72 Å². The van der Waals surface area contributed by atoms with E-state index in [-0.39, 0.29) is 6.04 Å². The third kappa shape index (κ3) is 3.68. The molecule has 2 aliphatic heterocycles. The SMILES string of the molecule is CCCCN(C)S(=O)(=O)N[C@H]1CCN2CCCC[C@@H]12. The number of nitrogens with one attached hydrogen (secondary N) is 1. The van der Waals surface area contributed by atoms with E-state index in [0.717, 1.165) is 38.8 Å². The van der Waals surface area contributed by atoms with Gasteiger partial charge in [-0.3, -0.25) is 4.90 Å². The summed E-state index contributed by atoms with van der Waals surface area (Å²) in [5, 5.41) is 0. The monoisotopic (exact) mass is 289 g/mol. The number of hydrogen-bond acceptors (Lipinski definition) is 3. The molecule has 0 aromatic carbocycles. The minimum atomic E-state index is -3.31. The fourth-order valence-electron chi connectivity index (χ4n) is 3.17. The Labute approximate surface area is 117 Å². The summed E-state index contributed by atoms with van der Waals surface area (Å²) < 4.78 is 28.9. The van der Waals surface area contributed by atoms with Crippen LogP contribution in [-0.4, -0.2) is 56.4 Å². The molecule has 0 saturated carbocycles. The quantitative estimate of drug-likeness (QED) is 0.799. The average Bonchev–Trinajstić information content (AvgIpc) is 2.79. The van der Waals surface area contributed by atoms with Gasteiger partial charge in [-0.25, -0.2) is 0 Å². The average molecular weight is 289 g/mol. The van der Waals surface area contributed by atoms with Gasteiger partial charge in [-0.2, -0.15) is 17.4 Å². The second-order valence-corrected chi connectivity index (χ2v) is 7.60. The van der Waals surface area contributed by atoms with Gasteiger partial charge in [-0.1, -0.05) is 19.8 Å². The third-order valence-electron chi connectivity index (χ3n) is 4.39. The molecule has 1 N–H and O–H groups in total. The predicted molar refractivity (Wildman–Crippen MR) is 77.2 cm³/mol. The molecule has 0 amide bonds. The van der Waals surface area contributed by atoms with Crippen LogP contribution in [0, 0.1) is 0 Å². The molecule has 0 bridgehead atoms. The van der Waals surface area contributed by atoms with Crippen molar-refractivity contribution < 1.29 is 8.42 Å². The zero-order chi connectivity index (χ0) is 13.9. The molecule has 0 spiro atoms. The van der Waals surface area contributed by atoms with Crippen molar-refractivity contribution >= 4 is 10.2 Å². The molecule has 2 fully saturated rings. The molecule has 2 rings (SSSR count). The van der Waals surface area contributed by atoms with Gasteiger partial charge >= 0.3 is 0 Å². The smallest absolute Gasteiger partial charge is 0.279 e. The highest BCUT2D eigenvalue weighted by molar-refractivity contribution is 7.87. The first-order chi connectivity index (χ1) is 9.04. The fraction of sp³-hybridized carbons (Fsp3) is 1.00. The van der Waals surface area contributed by atoms with Gasteiger partial charge in [0.15, 0.2) is 0 Å². The first kappa shape index (κ1) is 15.2. The molecule has 0 aromatic heterocycles. The van der Waals surface area contributed by atoms with Crippen LogP contribution in [0.1, 0.15) is 45.4 Å². The highest BCUT2D eigenvalue weighted by atomic mass is 32.2. The van der Waals surface area contributed by atoms with Crippen molar-refractivity contribution in [3.05, 3.63) is 0 Å². The molecule has 0 unspecified atom stereocenters. The summed E-state index contributed by atoms with van der Waals surface area (Å²) in [6, 6.07) is 0.525. The number of nitrogens with zero attached hydrogens (tertiary/aromatic N) is 2. The summed E-state index contributed by atoms with van der Waals surface area (Å²) in [5.41, 5.74) is 0. The Bertz CT molecular complexity index is 385.